The number of fused-ring (bicyclic) bond motifs is 1. The van der Waals surface area contributed by atoms with E-state index in [0.29, 0.717) is 27.4 Å². The molecular formula is C22H18ClN3O4. The van der Waals surface area contributed by atoms with E-state index in [-0.39, 0.29) is 13.1 Å². The van der Waals surface area contributed by atoms with Crippen LogP contribution in [0.15, 0.2) is 74.9 Å². The monoisotopic (exact) mass is 423 g/mol. The first kappa shape index (κ1) is 19.7. The minimum Gasteiger partial charge on any atom is -0.467 e. The molecule has 1 N–H and O–H groups in total. The van der Waals surface area contributed by atoms with Gasteiger partial charge in [0.1, 0.15) is 12.3 Å². The number of furan rings is 1. The normalized spacial score (nSPS) is 11.0. The van der Waals surface area contributed by atoms with Gasteiger partial charge in [-0.1, -0.05) is 35.9 Å². The number of carbonyl (C=O) groups is 1. The first-order valence-electron chi connectivity index (χ1n) is 9.25. The van der Waals surface area contributed by atoms with E-state index in [4.69, 9.17) is 16.0 Å². The lowest BCUT2D eigenvalue weighted by Gasteiger charge is -2.15. The van der Waals surface area contributed by atoms with Gasteiger partial charge in [-0.05, 0) is 42.8 Å². The number of para-hydroxylation sites is 2. The number of hydrogen-bond acceptors (Lipinski definition) is 4. The van der Waals surface area contributed by atoms with Crippen molar-refractivity contribution in [1.29, 1.82) is 0 Å². The molecule has 8 heteroatoms. The maximum absolute atomic E-state index is 13.1. The Morgan fingerprint density at radius 3 is 2.57 bits per heavy atom. The molecule has 0 spiro atoms. The number of aryl methyl sites for hydroxylation is 1. The molecule has 0 unspecified atom stereocenters. The lowest BCUT2D eigenvalue weighted by Crippen LogP contribution is -2.42. The summed E-state index contributed by atoms with van der Waals surface area (Å²) in [5, 5.41) is 3.51. The molecule has 0 aliphatic rings. The van der Waals surface area contributed by atoms with Crippen LogP contribution in [0.1, 0.15) is 11.3 Å². The van der Waals surface area contributed by atoms with Crippen molar-refractivity contribution in [3.05, 3.63) is 98.0 Å². The number of rotatable bonds is 5. The van der Waals surface area contributed by atoms with Crippen LogP contribution in [0.2, 0.25) is 5.02 Å². The van der Waals surface area contributed by atoms with Gasteiger partial charge in [0.25, 0.3) is 5.56 Å². The molecule has 0 bridgehead atoms. The number of amides is 1. The smallest absolute Gasteiger partial charge is 0.332 e. The van der Waals surface area contributed by atoms with E-state index in [1.54, 1.807) is 48.5 Å². The zero-order chi connectivity index (χ0) is 21.3. The second kappa shape index (κ2) is 8.04. The summed E-state index contributed by atoms with van der Waals surface area (Å²) in [4.78, 5) is 38.8. The number of aromatic nitrogens is 2. The van der Waals surface area contributed by atoms with E-state index in [1.165, 1.54) is 10.8 Å². The standard InChI is InChI=1S/C22H18ClN3O4/c1-14-6-4-9-17(23)20(14)24-19(27)13-25-18-10-3-2-8-16(18)21(28)26(22(25)29)12-15-7-5-11-30-15/h2-11H,12-13H2,1H3,(H,24,27). The first-order valence-corrected chi connectivity index (χ1v) is 9.63. The summed E-state index contributed by atoms with van der Waals surface area (Å²) in [6.07, 6.45) is 1.47. The van der Waals surface area contributed by atoms with Crippen LogP contribution < -0.4 is 16.6 Å². The quantitative estimate of drug-likeness (QED) is 0.533. The zero-order valence-corrected chi connectivity index (χ0v) is 16.8. The third-order valence-electron chi connectivity index (χ3n) is 4.81. The van der Waals surface area contributed by atoms with Crippen LogP contribution in [0, 0.1) is 6.92 Å². The molecule has 2 aromatic heterocycles. The molecule has 2 aromatic carbocycles. The summed E-state index contributed by atoms with van der Waals surface area (Å²) in [6, 6.07) is 15.3. The maximum atomic E-state index is 13.1. The Labute approximate surface area is 176 Å². The van der Waals surface area contributed by atoms with Crippen molar-refractivity contribution in [1.82, 2.24) is 9.13 Å². The molecular weight excluding hydrogens is 406 g/mol. The molecule has 0 fully saturated rings. The fourth-order valence-electron chi connectivity index (χ4n) is 3.33. The minimum absolute atomic E-state index is 0.0270. The van der Waals surface area contributed by atoms with Crippen molar-refractivity contribution in [2.75, 3.05) is 5.32 Å². The molecule has 0 aliphatic heterocycles. The Bertz CT molecular complexity index is 1330. The van der Waals surface area contributed by atoms with Crippen molar-refractivity contribution in [3.63, 3.8) is 0 Å². The van der Waals surface area contributed by atoms with Gasteiger partial charge in [0.2, 0.25) is 5.91 Å². The molecule has 1 amide bonds. The Morgan fingerprint density at radius 1 is 1.03 bits per heavy atom. The lowest BCUT2D eigenvalue weighted by atomic mass is 10.2. The van der Waals surface area contributed by atoms with E-state index in [1.807, 2.05) is 13.0 Å². The fraction of sp³-hybridized carbons (Fsp3) is 0.136. The maximum Gasteiger partial charge on any atom is 0.332 e. The first-order chi connectivity index (χ1) is 14.5. The Kier molecular flexibility index (Phi) is 5.29. The summed E-state index contributed by atoms with van der Waals surface area (Å²) >= 11 is 6.19. The number of benzene rings is 2. The number of anilines is 1. The van der Waals surface area contributed by atoms with Crippen molar-refractivity contribution < 1.29 is 9.21 Å². The number of carbonyl (C=O) groups excluding carboxylic acids is 1. The van der Waals surface area contributed by atoms with Crippen LogP contribution in [0.3, 0.4) is 0 Å². The van der Waals surface area contributed by atoms with Gasteiger partial charge < -0.3 is 9.73 Å². The molecule has 0 saturated heterocycles. The third kappa shape index (κ3) is 3.67. The van der Waals surface area contributed by atoms with Gasteiger partial charge in [-0.2, -0.15) is 0 Å². The van der Waals surface area contributed by atoms with Gasteiger partial charge in [0.05, 0.1) is 34.4 Å². The highest BCUT2D eigenvalue weighted by Gasteiger charge is 2.17. The van der Waals surface area contributed by atoms with Gasteiger partial charge in [-0.15, -0.1) is 0 Å². The average Bonchev–Trinajstić information content (AvgIpc) is 3.25. The van der Waals surface area contributed by atoms with E-state index in [9.17, 15) is 14.4 Å². The van der Waals surface area contributed by atoms with Gasteiger partial charge in [-0.25, -0.2) is 4.79 Å². The number of halogens is 1. The van der Waals surface area contributed by atoms with E-state index >= 15 is 0 Å². The molecule has 0 radical (unpaired) electrons. The van der Waals surface area contributed by atoms with Crippen LogP contribution in [0.5, 0.6) is 0 Å². The van der Waals surface area contributed by atoms with Gasteiger partial charge in [0, 0.05) is 0 Å². The lowest BCUT2D eigenvalue weighted by molar-refractivity contribution is -0.116. The van der Waals surface area contributed by atoms with Crippen LogP contribution in [0.4, 0.5) is 5.69 Å². The highest BCUT2D eigenvalue weighted by atomic mass is 35.5. The van der Waals surface area contributed by atoms with Crippen LogP contribution >= 0.6 is 11.6 Å². The molecule has 2 heterocycles. The molecule has 0 saturated carbocycles. The van der Waals surface area contributed by atoms with E-state index < -0.39 is 17.2 Å². The predicted molar refractivity (Wildman–Crippen MR) is 115 cm³/mol. The average molecular weight is 424 g/mol. The van der Waals surface area contributed by atoms with Gasteiger partial charge in [0.15, 0.2) is 0 Å². The van der Waals surface area contributed by atoms with Crippen LogP contribution in [0.25, 0.3) is 10.9 Å². The number of nitrogens with one attached hydrogen (secondary N) is 1. The zero-order valence-electron chi connectivity index (χ0n) is 16.1. The Hall–Kier alpha value is -3.58. The molecule has 4 rings (SSSR count). The SMILES string of the molecule is Cc1cccc(Cl)c1NC(=O)Cn1c(=O)n(Cc2ccco2)c(=O)c2ccccc21. The summed E-state index contributed by atoms with van der Waals surface area (Å²) in [5.74, 6) is 0.0359. The van der Waals surface area contributed by atoms with E-state index in [0.717, 1.165) is 10.1 Å². The second-order valence-electron chi connectivity index (χ2n) is 6.84. The fourth-order valence-corrected chi connectivity index (χ4v) is 3.60. The second-order valence-corrected chi connectivity index (χ2v) is 7.24. The molecule has 30 heavy (non-hydrogen) atoms. The summed E-state index contributed by atoms with van der Waals surface area (Å²) in [6.45, 7) is 1.52. The minimum atomic E-state index is -0.596. The van der Waals surface area contributed by atoms with Crippen molar-refractivity contribution >= 4 is 34.1 Å². The number of hydrogen-bond donors (Lipinski definition) is 1. The van der Waals surface area contributed by atoms with Crippen molar-refractivity contribution in [2.24, 2.45) is 0 Å². The number of nitrogens with zero attached hydrogens (tertiary/aromatic N) is 2. The van der Waals surface area contributed by atoms with Gasteiger partial charge >= 0.3 is 5.69 Å². The van der Waals surface area contributed by atoms with Gasteiger partial charge in [-0.3, -0.25) is 18.7 Å². The molecule has 0 atom stereocenters. The predicted octanol–water partition coefficient (Wildman–Crippen LogP) is 3.41. The summed E-state index contributed by atoms with van der Waals surface area (Å²) in [7, 11) is 0. The highest BCUT2D eigenvalue weighted by molar-refractivity contribution is 6.33. The molecule has 0 aliphatic carbocycles. The van der Waals surface area contributed by atoms with Crippen LogP contribution in [-0.4, -0.2) is 15.0 Å². The topological polar surface area (TPSA) is 86.2 Å². The van der Waals surface area contributed by atoms with Crippen molar-refractivity contribution in [3.8, 4) is 0 Å². The Morgan fingerprint density at radius 2 is 1.83 bits per heavy atom. The Balaban J connectivity index is 1.77. The largest absolute Gasteiger partial charge is 0.467 e. The molecule has 4 aromatic rings. The molecule has 152 valence electrons. The molecule has 7 nitrogen and oxygen atoms in total. The van der Waals surface area contributed by atoms with Crippen LogP contribution in [-0.2, 0) is 17.9 Å². The highest BCUT2D eigenvalue weighted by Crippen LogP contribution is 2.25. The van der Waals surface area contributed by atoms with Crippen molar-refractivity contribution in [2.45, 2.75) is 20.0 Å². The summed E-state index contributed by atoms with van der Waals surface area (Å²) in [5.41, 5.74) is 0.641. The van der Waals surface area contributed by atoms with E-state index in [2.05, 4.69) is 5.32 Å². The summed E-state index contributed by atoms with van der Waals surface area (Å²) < 4.78 is 7.63. The third-order valence-corrected chi connectivity index (χ3v) is 5.13.